The Morgan fingerprint density at radius 2 is 1.90 bits per heavy atom. The van der Waals surface area contributed by atoms with E-state index in [-0.39, 0.29) is 0 Å². The zero-order valence-corrected chi connectivity index (χ0v) is 11.4. The first-order chi connectivity index (χ1) is 10.4. The maximum absolute atomic E-state index is 5.76. The molecule has 7 nitrogen and oxygen atoms in total. The van der Waals surface area contributed by atoms with Crippen molar-refractivity contribution in [3.63, 3.8) is 0 Å². The molecule has 0 aliphatic carbocycles. The van der Waals surface area contributed by atoms with Crippen LogP contribution in [-0.4, -0.2) is 30.4 Å². The lowest BCUT2D eigenvalue weighted by atomic mass is 10.2. The first-order valence-corrected chi connectivity index (χ1v) is 7.00. The van der Waals surface area contributed by atoms with Crippen molar-refractivity contribution in [2.24, 2.45) is 0 Å². The summed E-state index contributed by atoms with van der Waals surface area (Å²) in [7, 11) is 0. The summed E-state index contributed by atoms with van der Waals surface area (Å²) in [5.41, 5.74) is 1.56. The zero-order chi connectivity index (χ0) is 14.1. The third-order valence-corrected chi connectivity index (χ3v) is 3.75. The van der Waals surface area contributed by atoms with Gasteiger partial charge in [0.1, 0.15) is 6.33 Å². The van der Waals surface area contributed by atoms with E-state index in [1.807, 2.05) is 41.8 Å². The van der Waals surface area contributed by atoms with Gasteiger partial charge in [-0.2, -0.15) is 4.68 Å². The smallest absolute Gasteiger partial charge is 0.258 e. The summed E-state index contributed by atoms with van der Waals surface area (Å²) in [5.74, 6) is 0.941. The molecule has 0 atom stereocenters. The number of nitrogens with zero attached hydrogens (tertiary/aromatic N) is 6. The average molecular weight is 296 g/mol. The quantitative estimate of drug-likeness (QED) is 0.577. The highest BCUT2D eigenvalue weighted by molar-refractivity contribution is 7.13. The van der Waals surface area contributed by atoms with Crippen molar-refractivity contribution in [2.75, 3.05) is 0 Å². The van der Waals surface area contributed by atoms with E-state index in [1.165, 1.54) is 6.33 Å². The van der Waals surface area contributed by atoms with Crippen molar-refractivity contribution in [3.05, 3.63) is 48.1 Å². The number of hydrogen-bond donors (Lipinski definition) is 0. The molecule has 1 aromatic carbocycles. The van der Waals surface area contributed by atoms with Crippen molar-refractivity contribution in [1.29, 1.82) is 0 Å². The molecule has 0 amide bonds. The van der Waals surface area contributed by atoms with Gasteiger partial charge in [-0.15, -0.1) is 26.6 Å². The van der Waals surface area contributed by atoms with Gasteiger partial charge in [-0.1, -0.05) is 18.2 Å². The van der Waals surface area contributed by atoms with E-state index in [4.69, 9.17) is 4.42 Å². The molecule has 4 rings (SSSR count). The number of hydrogen-bond acceptors (Lipinski definition) is 7. The van der Waals surface area contributed by atoms with E-state index in [2.05, 4.69) is 25.7 Å². The molecule has 4 aromatic rings. The molecule has 0 fully saturated rings. The Labute approximate surface area is 122 Å². The largest absolute Gasteiger partial charge is 0.415 e. The number of tetrazole rings is 1. The fourth-order valence-corrected chi connectivity index (χ4v) is 2.60. The van der Waals surface area contributed by atoms with E-state index in [1.54, 1.807) is 16.0 Å². The minimum Gasteiger partial charge on any atom is -0.415 e. The van der Waals surface area contributed by atoms with Crippen LogP contribution in [0.2, 0.25) is 0 Å². The van der Waals surface area contributed by atoms with Crippen LogP contribution >= 0.6 is 11.3 Å². The Hall–Kier alpha value is -2.87. The molecule has 0 unspecified atom stereocenters. The van der Waals surface area contributed by atoms with Crippen LogP contribution in [0.3, 0.4) is 0 Å². The molecule has 0 bridgehead atoms. The number of thiophene rings is 1. The van der Waals surface area contributed by atoms with E-state index in [0.717, 1.165) is 16.1 Å². The first-order valence-electron chi connectivity index (χ1n) is 6.12. The monoisotopic (exact) mass is 296 g/mol. The van der Waals surface area contributed by atoms with Crippen LogP contribution in [-0.2, 0) is 0 Å². The van der Waals surface area contributed by atoms with Crippen LogP contribution in [0.15, 0.2) is 52.5 Å². The molecule has 0 spiro atoms. The molecule has 0 saturated carbocycles. The maximum atomic E-state index is 5.76. The van der Waals surface area contributed by atoms with Gasteiger partial charge in [-0.05, 0) is 34.0 Å². The molecule has 0 saturated heterocycles. The lowest BCUT2D eigenvalue weighted by Gasteiger charge is -2.03. The topological polar surface area (TPSA) is 82.5 Å². The van der Waals surface area contributed by atoms with Gasteiger partial charge in [0.05, 0.1) is 16.1 Å². The summed E-state index contributed by atoms with van der Waals surface area (Å²) in [6.07, 6.45) is 1.52. The molecule has 3 heterocycles. The van der Waals surface area contributed by atoms with Gasteiger partial charge >= 0.3 is 0 Å². The molecule has 3 aromatic heterocycles. The van der Waals surface area contributed by atoms with Crippen molar-refractivity contribution in [2.45, 2.75) is 0 Å². The van der Waals surface area contributed by atoms with Gasteiger partial charge in [0.15, 0.2) is 0 Å². The van der Waals surface area contributed by atoms with E-state index in [9.17, 15) is 0 Å². The van der Waals surface area contributed by atoms with Crippen LogP contribution in [0, 0.1) is 0 Å². The van der Waals surface area contributed by atoms with Gasteiger partial charge in [-0.25, -0.2) is 0 Å². The summed E-state index contributed by atoms with van der Waals surface area (Å²) in [4.78, 5) is 0.939. The average Bonchev–Trinajstić information content (AvgIpc) is 3.27. The summed E-state index contributed by atoms with van der Waals surface area (Å²) in [6.45, 7) is 0. The SMILES string of the molecule is c1csc(-c2nnc(-c3ccccc3-n3cnnn3)o2)c1. The molecular weight excluding hydrogens is 288 g/mol. The lowest BCUT2D eigenvalue weighted by molar-refractivity contribution is 0.585. The highest BCUT2D eigenvalue weighted by atomic mass is 32.1. The van der Waals surface area contributed by atoms with Gasteiger partial charge < -0.3 is 4.42 Å². The fourth-order valence-electron chi connectivity index (χ4n) is 1.96. The first kappa shape index (κ1) is 11.9. The number of benzene rings is 1. The normalized spacial score (nSPS) is 10.9. The van der Waals surface area contributed by atoms with E-state index < -0.39 is 0 Å². The Kier molecular flexibility index (Phi) is 2.79. The lowest BCUT2D eigenvalue weighted by Crippen LogP contribution is -1.97. The minimum absolute atomic E-state index is 0.435. The van der Waals surface area contributed by atoms with Gasteiger partial charge in [0.2, 0.25) is 5.89 Å². The highest BCUT2D eigenvalue weighted by Crippen LogP contribution is 2.29. The second kappa shape index (κ2) is 4.91. The Balaban J connectivity index is 1.81. The summed E-state index contributed by atoms with van der Waals surface area (Å²) >= 11 is 1.55. The van der Waals surface area contributed by atoms with E-state index in [0.29, 0.717) is 11.8 Å². The second-order valence-electron chi connectivity index (χ2n) is 4.16. The number of para-hydroxylation sites is 1. The predicted molar refractivity (Wildman–Crippen MR) is 75.8 cm³/mol. The Morgan fingerprint density at radius 1 is 1.00 bits per heavy atom. The van der Waals surface area contributed by atoms with Crippen LogP contribution in [0.4, 0.5) is 0 Å². The molecule has 0 N–H and O–H groups in total. The van der Waals surface area contributed by atoms with Crippen LogP contribution in [0.5, 0.6) is 0 Å². The van der Waals surface area contributed by atoms with Gasteiger partial charge in [0.25, 0.3) is 5.89 Å². The number of aromatic nitrogens is 6. The van der Waals surface area contributed by atoms with Crippen molar-refractivity contribution < 1.29 is 4.42 Å². The van der Waals surface area contributed by atoms with Crippen molar-refractivity contribution in [1.82, 2.24) is 30.4 Å². The third kappa shape index (κ3) is 2.11. The van der Waals surface area contributed by atoms with E-state index >= 15 is 0 Å². The molecule has 21 heavy (non-hydrogen) atoms. The molecule has 0 aliphatic heterocycles. The molecule has 102 valence electrons. The highest BCUT2D eigenvalue weighted by Gasteiger charge is 2.15. The molecular formula is C13H8N6OS. The summed E-state index contributed by atoms with van der Waals surface area (Å²) in [5, 5.41) is 21.4. The summed E-state index contributed by atoms with van der Waals surface area (Å²) in [6, 6.07) is 11.5. The Morgan fingerprint density at radius 3 is 2.71 bits per heavy atom. The fraction of sp³-hybridized carbons (Fsp3) is 0. The molecule has 0 aliphatic rings. The predicted octanol–water partition coefficient (Wildman–Crippen LogP) is 2.44. The maximum Gasteiger partial charge on any atom is 0.258 e. The van der Waals surface area contributed by atoms with Crippen molar-refractivity contribution in [3.8, 4) is 27.9 Å². The van der Waals surface area contributed by atoms with Crippen LogP contribution < -0.4 is 0 Å². The number of rotatable bonds is 3. The van der Waals surface area contributed by atoms with Crippen LogP contribution in [0.25, 0.3) is 27.9 Å². The molecule has 0 radical (unpaired) electrons. The second-order valence-corrected chi connectivity index (χ2v) is 5.11. The summed E-state index contributed by atoms with van der Waals surface area (Å²) < 4.78 is 7.32. The van der Waals surface area contributed by atoms with Crippen molar-refractivity contribution >= 4 is 11.3 Å². The Bertz CT molecular complexity index is 853. The van der Waals surface area contributed by atoms with Crippen LogP contribution in [0.1, 0.15) is 0 Å². The zero-order valence-electron chi connectivity index (χ0n) is 10.6. The minimum atomic E-state index is 0.435. The third-order valence-electron chi connectivity index (χ3n) is 2.89. The standard InChI is InChI=1S/C13H8N6OS/c1-2-5-10(19-8-14-17-18-19)9(4-1)12-15-16-13(20-12)11-6-3-7-21-11/h1-8H. The van der Waals surface area contributed by atoms with Gasteiger partial charge in [-0.3, -0.25) is 0 Å². The molecule has 8 heteroatoms. The van der Waals surface area contributed by atoms with Gasteiger partial charge in [0, 0.05) is 0 Å².